The summed E-state index contributed by atoms with van der Waals surface area (Å²) in [5.74, 6) is -1.56. The van der Waals surface area contributed by atoms with E-state index in [2.05, 4.69) is 13.8 Å². The highest BCUT2D eigenvalue weighted by molar-refractivity contribution is 7.54. The Labute approximate surface area is 83.0 Å². The molecular weight excluding hydrogens is 211 g/mol. The van der Waals surface area contributed by atoms with Gasteiger partial charge in [0.2, 0.25) is 0 Å². The van der Waals surface area contributed by atoms with Gasteiger partial charge in [0.05, 0.1) is 0 Å². The van der Waals surface area contributed by atoms with Gasteiger partial charge in [-0.3, -0.25) is 4.57 Å². The maximum absolute atomic E-state index is 11.6. The summed E-state index contributed by atoms with van der Waals surface area (Å²) in [7, 11) is 0.465. The largest absolute Gasteiger partial charge is 0.448 e. The fraction of sp³-hybridized carbons (Fsp3) is 0.857. The molecule has 0 aromatic heterocycles. The smallest absolute Gasteiger partial charge is 0.370 e. The number of methoxy groups -OCH3 is 1. The molecule has 0 aliphatic carbocycles. The zero-order valence-corrected chi connectivity index (χ0v) is 9.58. The van der Waals surface area contributed by atoms with E-state index in [-0.39, 0.29) is 6.61 Å². The fourth-order valence-electron chi connectivity index (χ4n) is 0.778. The summed E-state index contributed by atoms with van der Waals surface area (Å²) < 4.78 is 30.2. The molecule has 14 heavy (non-hydrogen) atoms. The van der Waals surface area contributed by atoms with Crippen molar-refractivity contribution < 1.29 is 27.9 Å². The molecule has 7 heteroatoms. The van der Waals surface area contributed by atoms with Gasteiger partial charge >= 0.3 is 13.6 Å². The first-order valence-corrected chi connectivity index (χ1v) is 5.51. The lowest BCUT2D eigenvalue weighted by Gasteiger charge is -2.20. The summed E-state index contributed by atoms with van der Waals surface area (Å²) in [5.41, 5.74) is 0. The first-order chi connectivity index (χ1) is 6.50. The molecule has 0 saturated carbocycles. The van der Waals surface area contributed by atoms with Gasteiger partial charge in [-0.25, -0.2) is 4.79 Å². The third-order valence-electron chi connectivity index (χ3n) is 1.52. The summed E-state index contributed by atoms with van der Waals surface area (Å²) in [6.07, 6.45) is 0. The van der Waals surface area contributed by atoms with Crippen molar-refractivity contribution >= 4 is 13.6 Å². The molecule has 0 aliphatic heterocycles. The zero-order chi connectivity index (χ0) is 11.2. The molecular formula is C7H15O6P. The number of carbonyl (C=O) groups is 1. The van der Waals surface area contributed by atoms with Crippen molar-refractivity contribution in [3.63, 3.8) is 0 Å². The highest BCUT2D eigenvalue weighted by Crippen LogP contribution is 2.51. The van der Waals surface area contributed by atoms with Crippen LogP contribution in [-0.2, 0) is 27.9 Å². The van der Waals surface area contributed by atoms with Gasteiger partial charge in [0.15, 0.2) is 5.85 Å². The van der Waals surface area contributed by atoms with Gasteiger partial charge in [-0.2, -0.15) is 0 Å². The van der Waals surface area contributed by atoms with E-state index in [1.54, 1.807) is 0 Å². The van der Waals surface area contributed by atoms with Crippen LogP contribution in [0.5, 0.6) is 0 Å². The summed E-state index contributed by atoms with van der Waals surface area (Å²) >= 11 is 0. The summed E-state index contributed by atoms with van der Waals surface area (Å²) in [6.45, 7) is 1.24. The summed E-state index contributed by atoms with van der Waals surface area (Å²) in [6, 6.07) is 0. The van der Waals surface area contributed by atoms with E-state index in [9.17, 15) is 9.36 Å². The van der Waals surface area contributed by atoms with Crippen molar-refractivity contribution in [1.29, 1.82) is 0 Å². The molecule has 0 unspecified atom stereocenters. The van der Waals surface area contributed by atoms with Gasteiger partial charge in [0.1, 0.15) is 6.61 Å². The molecule has 84 valence electrons. The number of rotatable bonds is 6. The van der Waals surface area contributed by atoms with Crippen LogP contribution in [0, 0.1) is 0 Å². The van der Waals surface area contributed by atoms with Crippen molar-refractivity contribution in [1.82, 2.24) is 0 Å². The van der Waals surface area contributed by atoms with E-state index in [4.69, 9.17) is 4.74 Å². The molecule has 0 amide bonds. The van der Waals surface area contributed by atoms with Gasteiger partial charge in [-0.1, -0.05) is 0 Å². The van der Waals surface area contributed by atoms with Crippen LogP contribution in [-0.4, -0.2) is 39.8 Å². The number of carbonyl (C=O) groups excluding carboxylic acids is 1. The molecule has 6 nitrogen and oxygen atoms in total. The first kappa shape index (κ1) is 13.6. The van der Waals surface area contributed by atoms with Crippen LogP contribution in [0.2, 0.25) is 0 Å². The van der Waals surface area contributed by atoms with Crippen LogP contribution in [0.4, 0.5) is 0 Å². The lowest BCUT2D eigenvalue weighted by atomic mass is 10.7. The monoisotopic (exact) mass is 226 g/mol. The molecule has 0 heterocycles. The Morgan fingerprint density at radius 1 is 1.29 bits per heavy atom. The van der Waals surface area contributed by atoms with Crippen LogP contribution in [0.1, 0.15) is 6.92 Å². The van der Waals surface area contributed by atoms with E-state index in [0.717, 1.165) is 0 Å². The van der Waals surface area contributed by atoms with Crippen molar-refractivity contribution in [2.24, 2.45) is 0 Å². The third kappa shape index (κ3) is 3.75. The van der Waals surface area contributed by atoms with Gasteiger partial charge in [0.25, 0.3) is 0 Å². The number of hydrogen-bond acceptors (Lipinski definition) is 6. The quantitative estimate of drug-likeness (QED) is 0.497. The molecule has 0 N–H and O–H groups in total. The van der Waals surface area contributed by atoms with Gasteiger partial charge < -0.3 is 18.5 Å². The van der Waals surface area contributed by atoms with Crippen molar-refractivity contribution in [2.75, 3.05) is 27.9 Å². The lowest BCUT2D eigenvalue weighted by Crippen LogP contribution is -2.19. The number of esters is 1. The first-order valence-electron chi connectivity index (χ1n) is 3.89. The maximum atomic E-state index is 11.6. The number of hydrogen-bond donors (Lipinski definition) is 0. The number of ether oxygens (including phenoxy) is 2. The highest BCUT2D eigenvalue weighted by Gasteiger charge is 2.33. The fourth-order valence-corrected chi connectivity index (χ4v) is 1.77. The van der Waals surface area contributed by atoms with Crippen LogP contribution in [0.25, 0.3) is 0 Å². The summed E-state index contributed by atoms with van der Waals surface area (Å²) in [4.78, 5) is 11.0. The highest BCUT2D eigenvalue weighted by atomic mass is 31.2. The van der Waals surface area contributed by atoms with Crippen molar-refractivity contribution in [3.05, 3.63) is 0 Å². The minimum Gasteiger partial charge on any atom is -0.448 e. The Hall–Kier alpha value is -0.420. The third-order valence-corrected chi connectivity index (χ3v) is 3.53. The Morgan fingerprint density at radius 3 is 2.14 bits per heavy atom. The van der Waals surface area contributed by atoms with Gasteiger partial charge in [-0.15, -0.1) is 0 Å². The molecule has 0 bridgehead atoms. The van der Waals surface area contributed by atoms with E-state index in [1.165, 1.54) is 28.3 Å². The SMILES string of the molecule is COCC(=O)O[C@H](C)P(=O)(OC)OC. The Kier molecular flexibility index (Phi) is 5.95. The Bertz CT molecular complexity index is 220. The Morgan fingerprint density at radius 2 is 1.79 bits per heavy atom. The minimum atomic E-state index is -3.35. The van der Waals surface area contributed by atoms with Crippen molar-refractivity contribution in [3.8, 4) is 0 Å². The second-order valence-electron chi connectivity index (χ2n) is 2.43. The molecule has 0 aromatic rings. The molecule has 0 spiro atoms. The Balaban J connectivity index is 4.25. The minimum absolute atomic E-state index is 0.197. The zero-order valence-electron chi connectivity index (χ0n) is 8.68. The predicted molar refractivity (Wildman–Crippen MR) is 49.1 cm³/mol. The maximum Gasteiger partial charge on any atom is 0.370 e. The molecule has 0 saturated heterocycles. The molecule has 0 aromatic carbocycles. The molecule has 1 atom stereocenters. The average molecular weight is 226 g/mol. The second-order valence-corrected chi connectivity index (χ2v) is 4.96. The van der Waals surface area contributed by atoms with Crippen LogP contribution in [0.15, 0.2) is 0 Å². The summed E-state index contributed by atoms with van der Waals surface area (Å²) in [5, 5.41) is 0. The van der Waals surface area contributed by atoms with Crippen LogP contribution < -0.4 is 0 Å². The molecule has 0 rings (SSSR count). The van der Waals surface area contributed by atoms with E-state index in [1.807, 2.05) is 0 Å². The normalized spacial score (nSPS) is 13.7. The van der Waals surface area contributed by atoms with E-state index >= 15 is 0 Å². The van der Waals surface area contributed by atoms with E-state index in [0.29, 0.717) is 0 Å². The molecule has 0 radical (unpaired) electrons. The van der Waals surface area contributed by atoms with Crippen molar-refractivity contribution in [2.45, 2.75) is 12.8 Å². The lowest BCUT2D eigenvalue weighted by molar-refractivity contribution is -0.149. The van der Waals surface area contributed by atoms with Gasteiger partial charge in [-0.05, 0) is 6.92 Å². The standard InChI is InChI=1S/C7H15O6P/c1-6(13-7(8)5-10-2)14(9,11-3)12-4/h6H,5H2,1-4H3/t6-/m0/s1. The molecule has 0 fully saturated rings. The van der Waals surface area contributed by atoms with E-state index < -0.39 is 19.4 Å². The predicted octanol–water partition coefficient (Wildman–Crippen LogP) is 1.01. The topological polar surface area (TPSA) is 71.1 Å². The van der Waals surface area contributed by atoms with Crippen LogP contribution in [0.3, 0.4) is 0 Å². The molecule has 0 aliphatic rings. The second kappa shape index (κ2) is 6.14. The average Bonchev–Trinajstić information content (AvgIpc) is 2.16. The van der Waals surface area contributed by atoms with Crippen LogP contribution >= 0.6 is 7.60 Å². The van der Waals surface area contributed by atoms with Gasteiger partial charge in [0, 0.05) is 21.3 Å².